The van der Waals surface area contributed by atoms with Crippen LogP contribution in [0, 0.1) is 16.7 Å². The van der Waals surface area contributed by atoms with Gasteiger partial charge in [0, 0.05) is 0 Å². The summed E-state index contributed by atoms with van der Waals surface area (Å²) in [5, 5.41) is 9.37. The van der Waals surface area contributed by atoms with E-state index in [9.17, 15) is 9.90 Å². The molecule has 16 heavy (non-hydrogen) atoms. The van der Waals surface area contributed by atoms with E-state index >= 15 is 0 Å². The maximum absolute atomic E-state index is 11.4. The summed E-state index contributed by atoms with van der Waals surface area (Å²) in [7, 11) is 0. The van der Waals surface area contributed by atoms with Crippen LogP contribution in [0.25, 0.3) is 0 Å². The summed E-state index contributed by atoms with van der Waals surface area (Å²) >= 11 is 0. The molecule has 0 rings (SSSR count). The monoisotopic (exact) mass is 228 g/mol. The molecule has 0 aromatic carbocycles. The Bertz CT molecular complexity index is 223. The van der Waals surface area contributed by atoms with Gasteiger partial charge < -0.3 is 5.11 Å². The van der Waals surface area contributed by atoms with Gasteiger partial charge in [-0.15, -0.1) is 0 Å². The normalized spacial score (nSPS) is 14.9. The van der Waals surface area contributed by atoms with Gasteiger partial charge in [0.25, 0.3) is 0 Å². The molecular formula is C14H28O2. The molecule has 2 heteroatoms. The Hall–Kier alpha value is -0.530. The van der Waals surface area contributed by atoms with Crippen LogP contribution in [-0.4, -0.2) is 11.1 Å². The Morgan fingerprint density at radius 3 is 2.00 bits per heavy atom. The quantitative estimate of drug-likeness (QED) is 0.734. The third-order valence-corrected chi connectivity index (χ3v) is 3.23. The molecule has 0 aliphatic rings. The minimum absolute atomic E-state index is 0.0759. The van der Waals surface area contributed by atoms with Gasteiger partial charge in [-0.05, 0) is 23.7 Å². The third-order valence-electron chi connectivity index (χ3n) is 3.23. The zero-order valence-corrected chi connectivity index (χ0v) is 11.8. The van der Waals surface area contributed by atoms with Gasteiger partial charge in [0.2, 0.25) is 0 Å². The van der Waals surface area contributed by atoms with Crippen molar-refractivity contribution in [2.45, 2.75) is 67.2 Å². The predicted molar refractivity (Wildman–Crippen MR) is 68.5 cm³/mol. The lowest BCUT2D eigenvalue weighted by Crippen LogP contribution is -2.34. The maximum atomic E-state index is 11.4. The van der Waals surface area contributed by atoms with Crippen molar-refractivity contribution in [1.29, 1.82) is 0 Å². The lowest BCUT2D eigenvalue weighted by molar-refractivity contribution is -0.147. The van der Waals surface area contributed by atoms with Crippen LogP contribution < -0.4 is 0 Å². The van der Waals surface area contributed by atoms with Gasteiger partial charge in [0.1, 0.15) is 0 Å². The molecule has 0 aliphatic heterocycles. The summed E-state index contributed by atoms with van der Waals surface area (Å²) in [4.78, 5) is 11.4. The lowest BCUT2D eigenvalue weighted by Gasteiger charge is -2.35. The van der Waals surface area contributed by atoms with Crippen LogP contribution in [0.2, 0.25) is 0 Å². The van der Waals surface area contributed by atoms with Crippen molar-refractivity contribution in [2.75, 3.05) is 0 Å². The number of unbranched alkanes of at least 4 members (excludes halogenated alkanes) is 1. The number of carbonyl (C=O) groups is 1. The molecule has 2 nitrogen and oxygen atoms in total. The molecule has 0 saturated carbocycles. The minimum atomic E-state index is -0.643. The summed E-state index contributed by atoms with van der Waals surface area (Å²) in [5.41, 5.74) is -0.0261. The van der Waals surface area contributed by atoms with Crippen LogP contribution >= 0.6 is 0 Å². The highest BCUT2D eigenvalue weighted by atomic mass is 16.4. The Morgan fingerprint density at radius 1 is 1.19 bits per heavy atom. The van der Waals surface area contributed by atoms with Crippen molar-refractivity contribution < 1.29 is 9.90 Å². The second kappa shape index (κ2) is 5.70. The summed E-state index contributed by atoms with van der Waals surface area (Å²) in [5.74, 6) is -0.880. The predicted octanol–water partition coefficient (Wildman–Crippen LogP) is 4.34. The van der Waals surface area contributed by atoms with E-state index in [0.29, 0.717) is 0 Å². The van der Waals surface area contributed by atoms with Gasteiger partial charge in [-0.3, -0.25) is 4.79 Å². The number of rotatable bonds is 6. The van der Waals surface area contributed by atoms with E-state index < -0.39 is 5.97 Å². The molecular weight excluding hydrogens is 200 g/mol. The second-order valence-corrected chi connectivity index (χ2v) is 6.75. The van der Waals surface area contributed by atoms with Gasteiger partial charge in [0.15, 0.2) is 0 Å². The molecule has 0 aromatic rings. The zero-order valence-electron chi connectivity index (χ0n) is 11.8. The standard InChI is InChI=1S/C14H28O2/c1-7-8-9-14(5,6)11(12(15)16)10-13(2,3)4/h11H,7-10H2,1-6H3,(H,15,16). The van der Waals surface area contributed by atoms with E-state index in [4.69, 9.17) is 0 Å². The summed E-state index contributed by atoms with van der Waals surface area (Å²) in [6, 6.07) is 0. The molecule has 0 bridgehead atoms. The topological polar surface area (TPSA) is 37.3 Å². The summed E-state index contributed by atoms with van der Waals surface area (Å²) in [6.45, 7) is 12.7. The molecule has 0 radical (unpaired) electrons. The zero-order chi connectivity index (χ0) is 13.0. The van der Waals surface area contributed by atoms with Crippen LogP contribution in [0.15, 0.2) is 0 Å². The van der Waals surface area contributed by atoms with Crippen molar-refractivity contribution >= 4 is 5.97 Å². The number of hydrogen-bond donors (Lipinski definition) is 1. The maximum Gasteiger partial charge on any atom is 0.307 e. The minimum Gasteiger partial charge on any atom is -0.481 e. The van der Waals surface area contributed by atoms with Crippen molar-refractivity contribution in [3.05, 3.63) is 0 Å². The Kier molecular flexibility index (Phi) is 5.51. The molecule has 0 saturated heterocycles. The van der Waals surface area contributed by atoms with E-state index in [-0.39, 0.29) is 16.7 Å². The molecule has 0 amide bonds. The first-order chi connectivity index (χ1) is 7.10. The van der Waals surface area contributed by atoms with Gasteiger partial charge in [0.05, 0.1) is 5.92 Å². The van der Waals surface area contributed by atoms with Crippen LogP contribution in [0.1, 0.15) is 67.2 Å². The fraction of sp³-hybridized carbons (Fsp3) is 0.929. The van der Waals surface area contributed by atoms with Gasteiger partial charge in [-0.1, -0.05) is 54.4 Å². The third kappa shape index (κ3) is 5.53. The van der Waals surface area contributed by atoms with Crippen LogP contribution in [0.3, 0.4) is 0 Å². The highest BCUT2D eigenvalue weighted by molar-refractivity contribution is 5.71. The van der Waals surface area contributed by atoms with Crippen molar-refractivity contribution in [3.8, 4) is 0 Å². The lowest BCUT2D eigenvalue weighted by atomic mass is 9.69. The van der Waals surface area contributed by atoms with Gasteiger partial charge in [-0.2, -0.15) is 0 Å². The molecule has 1 unspecified atom stereocenters. The first-order valence-corrected chi connectivity index (χ1v) is 6.33. The Balaban J connectivity index is 4.70. The second-order valence-electron chi connectivity index (χ2n) is 6.75. The average Bonchev–Trinajstić information content (AvgIpc) is 2.09. The average molecular weight is 228 g/mol. The Labute approximate surface area is 100 Å². The number of aliphatic carboxylic acids is 1. The fourth-order valence-electron chi connectivity index (χ4n) is 2.12. The molecule has 1 atom stereocenters. The van der Waals surface area contributed by atoms with E-state index in [1.54, 1.807) is 0 Å². The van der Waals surface area contributed by atoms with Crippen molar-refractivity contribution in [2.24, 2.45) is 16.7 Å². The highest BCUT2D eigenvalue weighted by Gasteiger charge is 2.37. The van der Waals surface area contributed by atoms with Crippen LogP contribution in [0.4, 0.5) is 0 Å². The SMILES string of the molecule is CCCCC(C)(C)C(CC(C)(C)C)C(=O)O. The number of carboxylic acids is 1. The molecule has 0 aliphatic carbocycles. The van der Waals surface area contributed by atoms with Gasteiger partial charge in [-0.25, -0.2) is 0 Å². The number of carboxylic acid groups (broad SMARTS) is 1. The van der Waals surface area contributed by atoms with E-state index in [0.717, 1.165) is 25.7 Å². The smallest absolute Gasteiger partial charge is 0.307 e. The summed E-state index contributed by atoms with van der Waals surface area (Å²) in [6.07, 6.45) is 3.99. The van der Waals surface area contributed by atoms with Crippen LogP contribution in [-0.2, 0) is 4.79 Å². The highest BCUT2D eigenvalue weighted by Crippen LogP contribution is 2.39. The van der Waals surface area contributed by atoms with E-state index in [1.165, 1.54) is 0 Å². The van der Waals surface area contributed by atoms with Crippen molar-refractivity contribution in [1.82, 2.24) is 0 Å². The largest absolute Gasteiger partial charge is 0.481 e. The molecule has 0 heterocycles. The Morgan fingerprint density at radius 2 is 1.69 bits per heavy atom. The first-order valence-electron chi connectivity index (χ1n) is 6.33. The number of hydrogen-bond acceptors (Lipinski definition) is 1. The van der Waals surface area contributed by atoms with E-state index in [2.05, 4.69) is 41.5 Å². The molecule has 96 valence electrons. The van der Waals surface area contributed by atoms with E-state index in [1.807, 2.05) is 0 Å². The first kappa shape index (κ1) is 15.5. The molecule has 0 fully saturated rings. The molecule has 1 N–H and O–H groups in total. The fourth-order valence-corrected chi connectivity index (χ4v) is 2.12. The van der Waals surface area contributed by atoms with Gasteiger partial charge >= 0.3 is 5.97 Å². The van der Waals surface area contributed by atoms with Crippen LogP contribution in [0.5, 0.6) is 0 Å². The molecule has 0 aromatic heterocycles. The summed E-state index contributed by atoms with van der Waals surface area (Å²) < 4.78 is 0. The molecule has 0 spiro atoms. The van der Waals surface area contributed by atoms with Crippen molar-refractivity contribution in [3.63, 3.8) is 0 Å².